The summed E-state index contributed by atoms with van der Waals surface area (Å²) in [6.07, 6.45) is 1.35. The molecule has 0 saturated heterocycles. The van der Waals surface area contributed by atoms with Gasteiger partial charge >= 0.3 is 10.1 Å². The summed E-state index contributed by atoms with van der Waals surface area (Å²) in [5, 5.41) is -0.254. The Kier molecular flexibility index (Phi) is 4.56. The number of hydrogen-bond acceptors (Lipinski definition) is 4. The first-order valence-corrected chi connectivity index (χ1v) is 10.3. The molecular formula is C12H21NO4SSi. The van der Waals surface area contributed by atoms with Gasteiger partial charge in [0.25, 0.3) is 0 Å². The second-order valence-corrected chi connectivity index (χ2v) is 12.2. The maximum absolute atomic E-state index is 11.0. The predicted octanol–water partition coefficient (Wildman–Crippen LogP) is 2.85. The van der Waals surface area contributed by atoms with Gasteiger partial charge in [-0.3, -0.25) is 4.55 Å². The van der Waals surface area contributed by atoms with Crippen LogP contribution in [-0.2, 0) is 21.2 Å². The van der Waals surface area contributed by atoms with Crippen molar-refractivity contribution in [1.82, 2.24) is 4.98 Å². The van der Waals surface area contributed by atoms with Crippen molar-refractivity contribution in [3.8, 4) is 0 Å². The van der Waals surface area contributed by atoms with Crippen molar-refractivity contribution in [3.05, 3.63) is 23.9 Å². The van der Waals surface area contributed by atoms with E-state index in [1.165, 1.54) is 12.3 Å². The van der Waals surface area contributed by atoms with Gasteiger partial charge in [-0.05, 0) is 35.8 Å². The highest BCUT2D eigenvalue weighted by molar-refractivity contribution is 7.85. The summed E-state index contributed by atoms with van der Waals surface area (Å²) in [4.78, 5) is 3.62. The Labute approximate surface area is 115 Å². The van der Waals surface area contributed by atoms with Crippen molar-refractivity contribution in [2.75, 3.05) is 0 Å². The van der Waals surface area contributed by atoms with E-state index in [0.717, 1.165) is 0 Å². The topological polar surface area (TPSA) is 76.5 Å². The Balaban J connectivity index is 2.86. The van der Waals surface area contributed by atoms with Gasteiger partial charge in [-0.15, -0.1) is 0 Å². The Bertz CT molecular complexity index is 549. The summed E-state index contributed by atoms with van der Waals surface area (Å²) in [6.45, 7) is 11.0. The van der Waals surface area contributed by atoms with Crippen LogP contribution in [0, 0.1) is 0 Å². The van der Waals surface area contributed by atoms with Crippen LogP contribution in [0.2, 0.25) is 18.1 Å². The van der Waals surface area contributed by atoms with Crippen molar-refractivity contribution < 1.29 is 17.4 Å². The lowest BCUT2D eigenvalue weighted by Crippen LogP contribution is -2.40. The minimum atomic E-state index is -4.26. The van der Waals surface area contributed by atoms with Crippen LogP contribution in [0.25, 0.3) is 0 Å². The van der Waals surface area contributed by atoms with Gasteiger partial charge in [-0.1, -0.05) is 20.8 Å². The molecule has 1 N–H and O–H groups in total. The zero-order valence-electron chi connectivity index (χ0n) is 12.0. The molecule has 7 heteroatoms. The maximum atomic E-state index is 11.0. The number of nitrogens with zero attached hydrogens (tertiary/aromatic N) is 1. The molecule has 0 aliphatic carbocycles. The third-order valence-corrected chi connectivity index (χ3v) is 8.70. The Morgan fingerprint density at radius 3 is 2.42 bits per heavy atom. The van der Waals surface area contributed by atoms with Gasteiger partial charge in [0.05, 0.1) is 6.61 Å². The fourth-order valence-electron chi connectivity index (χ4n) is 1.16. The van der Waals surface area contributed by atoms with Crippen molar-refractivity contribution in [2.45, 2.75) is 50.5 Å². The molecule has 0 radical (unpaired) electrons. The normalized spacial score (nSPS) is 13.6. The van der Waals surface area contributed by atoms with Crippen molar-refractivity contribution in [1.29, 1.82) is 0 Å². The van der Waals surface area contributed by atoms with E-state index >= 15 is 0 Å². The number of aromatic nitrogens is 1. The molecule has 19 heavy (non-hydrogen) atoms. The highest BCUT2D eigenvalue weighted by Gasteiger charge is 2.37. The summed E-state index contributed by atoms with van der Waals surface area (Å²) in [5.41, 5.74) is 0.687. The van der Waals surface area contributed by atoms with Gasteiger partial charge in [0.15, 0.2) is 13.3 Å². The average molecular weight is 303 g/mol. The van der Waals surface area contributed by atoms with Crippen LogP contribution in [0.15, 0.2) is 23.4 Å². The standard InChI is InChI=1S/C12H21NO4SSi/c1-12(2,3)19(4,5)17-9-10-6-7-13-11(8-10)18(14,15)16/h6-8H,9H2,1-5H3,(H,14,15,16). The maximum Gasteiger partial charge on any atom is 0.312 e. The van der Waals surface area contributed by atoms with E-state index in [2.05, 4.69) is 38.8 Å². The largest absolute Gasteiger partial charge is 0.413 e. The summed E-state index contributed by atoms with van der Waals surface area (Å²) >= 11 is 0. The SMILES string of the molecule is CC(C)(C)[Si](C)(C)OCc1ccnc(S(=O)(=O)O)c1. The molecule has 1 aromatic rings. The Morgan fingerprint density at radius 2 is 1.95 bits per heavy atom. The number of pyridine rings is 1. The van der Waals surface area contributed by atoms with E-state index in [4.69, 9.17) is 8.98 Å². The van der Waals surface area contributed by atoms with Crippen molar-refractivity contribution in [3.63, 3.8) is 0 Å². The van der Waals surface area contributed by atoms with Crippen LogP contribution in [0.4, 0.5) is 0 Å². The van der Waals surface area contributed by atoms with E-state index in [-0.39, 0.29) is 10.1 Å². The highest BCUT2D eigenvalue weighted by atomic mass is 32.2. The lowest BCUT2D eigenvalue weighted by Gasteiger charge is -2.36. The molecule has 5 nitrogen and oxygen atoms in total. The fourth-order valence-corrected chi connectivity index (χ4v) is 2.62. The van der Waals surface area contributed by atoms with Crippen LogP contribution in [0.1, 0.15) is 26.3 Å². The third kappa shape index (κ3) is 4.38. The number of hydrogen-bond donors (Lipinski definition) is 1. The molecule has 1 heterocycles. The molecule has 108 valence electrons. The molecule has 0 amide bonds. The molecule has 0 fully saturated rings. The van der Waals surface area contributed by atoms with Crippen LogP contribution < -0.4 is 0 Å². The lowest BCUT2D eigenvalue weighted by atomic mass is 10.2. The van der Waals surface area contributed by atoms with E-state index < -0.39 is 18.4 Å². The fraction of sp³-hybridized carbons (Fsp3) is 0.583. The van der Waals surface area contributed by atoms with E-state index in [1.54, 1.807) is 6.07 Å². The smallest absolute Gasteiger partial charge is 0.312 e. The van der Waals surface area contributed by atoms with Crippen LogP contribution in [-0.4, -0.2) is 26.3 Å². The molecule has 0 spiro atoms. The quantitative estimate of drug-likeness (QED) is 0.683. The molecule has 0 aromatic carbocycles. The van der Waals surface area contributed by atoms with Gasteiger partial charge in [-0.25, -0.2) is 4.98 Å². The van der Waals surface area contributed by atoms with Gasteiger partial charge in [-0.2, -0.15) is 8.42 Å². The third-order valence-electron chi connectivity index (χ3n) is 3.47. The van der Waals surface area contributed by atoms with Gasteiger partial charge in [0, 0.05) is 6.20 Å². The van der Waals surface area contributed by atoms with Crippen molar-refractivity contribution in [2.24, 2.45) is 0 Å². The molecule has 0 unspecified atom stereocenters. The first-order chi connectivity index (χ1) is 8.43. The molecule has 1 aromatic heterocycles. The van der Waals surface area contributed by atoms with Crippen LogP contribution in [0.3, 0.4) is 0 Å². The zero-order chi connectivity index (χ0) is 14.9. The summed E-state index contributed by atoms with van der Waals surface area (Å²) in [6, 6.07) is 3.02. The van der Waals surface area contributed by atoms with Gasteiger partial charge in [0.1, 0.15) is 0 Å². The Morgan fingerprint density at radius 1 is 1.37 bits per heavy atom. The molecule has 1 rings (SSSR count). The molecule has 0 aliphatic heterocycles. The number of rotatable bonds is 4. The summed E-state index contributed by atoms with van der Waals surface area (Å²) in [5.74, 6) is 0. The first-order valence-electron chi connectivity index (χ1n) is 6.00. The molecule has 0 atom stereocenters. The zero-order valence-corrected chi connectivity index (χ0v) is 13.8. The first kappa shape index (κ1) is 16.3. The van der Waals surface area contributed by atoms with E-state index in [1.807, 2.05) is 0 Å². The monoisotopic (exact) mass is 303 g/mol. The van der Waals surface area contributed by atoms with Crippen LogP contribution >= 0.6 is 0 Å². The van der Waals surface area contributed by atoms with E-state index in [0.29, 0.717) is 12.2 Å². The second kappa shape index (κ2) is 5.32. The Hall–Kier alpha value is -0.763. The molecule has 0 aliphatic rings. The molecular weight excluding hydrogens is 282 g/mol. The van der Waals surface area contributed by atoms with Gasteiger partial charge < -0.3 is 4.43 Å². The van der Waals surface area contributed by atoms with E-state index in [9.17, 15) is 8.42 Å². The summed E-state index contributed by atoms with van der Waals surface area (Å²) < 4.78 is 36.9. The average Bonchev–Trinajstić information content (AvgIpc) is 2.24. The molecule has 0 saturated carbocycles. The van der Waals surface area contributed by atoms with Gasteiger partial charge in [0.2, 0.25) is 0 Å². The summed E-state index contributed by atoms with van der Waals surface area (Å²) in [7, 11) is -6.15. The molecule has 0 bridgehead atoms. The lowest BCUT2D eigenvalue weighted by molar-refractivity contribution is 0.276. The van der Waals surface area contributed by atoms with Crippen molar-refractivity contribution >= 4 is 18.4 Å². The predicted molar refractivity (Wildman–Crippen MR) is 76.0 cm³/mol. The van der Waals surface area contributed by atoms with Crippen LogP contribution in [0.5, 0.6) is 0 Å². The minimum Gasteiger partial charge on any atom is -0.413 e. The highest BCUT2D eigenvalue weighted by Crippen LogP contribution is 2.37. The minimum absolute atomic E-state index is 0.0892. The second-order valence-electron chi connectivity index (χ2n) is 6.03.